The number of nitriles is 1. The first-order valence-electron chi connectivity index (χ1n) is 7.11. The molecule has 0 radical (unpaired) electrons. The van der Waals surface area contributed by atoms with Crippen molar-refractivity contribution >= 4 is 21.5 Å². The molecule has 0 unspecified atom stereocenters. The second-order valence-corrected chi connectivity index (χ2v) is 7.17. The fourth-order valence-corrected chi connectivity index (χ4v) is 4.39. The average Bonchev–Trinajstić information content (AvgIpc) is 2.98. The average molecular weight is 326 g/mol. The van der Waals surface area contributed by atoms with Crippen LogP contribution in [-0.2, 0) is 16.4 Å². The highest BCUT2D eigenvalue weighted by Gasteiger charge is 2.32. The van der Waals surface area contributed by atoms with Crippen molar-refractivity contribution in [2.75, 3.05) is 10.8 Å². The van der Waals surface area contributed by atoms with E-state index < -0.39 is 10.0 Å². The molecule has 0 saturated carbocycles. The van der Waals surface area contributed by atoms with Crippen molar-refractivity contribution in [1.29, 1.82) is 5.26 Å². The number of fused-ring (bicyclic) bond motifs is 1. The van der Waals surface area contributed by atoms with Crippen molar-refractivity contribution in [3.8, 4) is 6.07 Å². The molecule has 6 heteroatoms. The molecule has 0 aromatic heterocycles. The van der Waals surface area contributed by atoms with Gasteiger partial charge in [-0.25, -0.2) is 8.42 Å². The highest BCUT2D eigenvalue weighted by atomic mass is 32.2. The molecular formula is C17H14N2O3S. The molecule has 1 aliphatic rings. The molecule has 3 rings (SSSR count). The fraction of sp³-hybridized carbons (Fsp3) is 0.176. The number of hydrogen-bond acceptors (Lipinski definition) is 4. The van der Waals surface area contributed by atoms with Crippen molar-refractivity contribution in [3.05, 3.63) is 59.2 Å². The van der Waals surface area contributed by atoms with Gasteiger partial charge in [-0.15, -0.1) is 0 Å². The van der Waals surface area contributed by atoms with E-state index in [4.69, 9.17) is 5.26 Å². The van der Waals surface area contributed by atoms with E-state index in [1.807, 2.05) is 6.07 Å². The highest BCUT2D eigenvalue weighted by molar-refractivity contribution is 7.93. The minimum Gasteiger partial charge on any atom is -0.295 e. The Morgan fingerprint density at radius 2 is 1.96 bits per heavy atom. The number of hydrogen-bond donors (Lipinski definition) is 0. The number of sulfonamides is 1. The Hall–Kier alpha value is -2.65. The van der Waals surface area contributed by atoms with Crippen LogP contribution < -0.4 is 4.31 Å². The lowest BCUT2D eigenvalue weighted by Crippen LogP contribution is -2.29. The van der Waals surface area contributed by atoms with Gasteiger partial charge in [0.15, 0.2) is 5.78 Å². The summed E-state index contributed by atoms with van der Waals surface area (Å²) >= 11 is 0. The van der Waals surface area contributed by atoms with Gasteiger partial charge in [-0.2, -0.15) is 5.26 Å². The van der Waals surface area contributed by atoms with E-state index >= 15 is 0 Å². The predicted molar refractivity (Wildman–Crippen MR) is 85.8 cm³/mol. The largest absolute Gasteiger partial charge is 0.295 e. The van der Waals surface area contributed by atoms with Gasteiger partial charge >= 0.3 is 0 Å². The summed E-state index contributed by atoms with van der Waals surface area (Å²) in [6, 6.07) is 13.1. The van der Waals surface area contributed by atoms with E-state index in [0.717, 1.165) is 5.56 Å². The van der Waals surface area contributed by atoms with Crippen molar-refractivity contribution in [2.45, 2.75) is 18.2 Å². The van der Waals surface area contributed by atoms with Gasteiger partial charge in [0, 0.05) is 12.1 Å². The standard InChI is InChI=1S/C17H14N2O3S/c1-12(20)13-6-7-16-14(10-13)8-9-19(16)23(21,22)17-5-3-2-4-15(17)11-18/h2-7,10H,8-9H2,1H3. The van der Waals surface area contributed by atoms with Crippen molar-refractivity contribution in [1.82, 2.24) is 0 Å². The SMILES string of the molecule is CC(=O)c1ccc2c(c1)CCN2S(=O)(=O)c1ccccc1C#N. The number of carbonyl (C=O) groups is 1. The molecule has 1 aliphatic heterocycles. The molecule has 0 fully saturated rings. The van der Waals surface area contributed by atoms with Crippen LogP contribution in [0.4, 0.5) is 5.69 Å². The van der Waals surface area contributed by atoms with Crippen LogP contribution in [-0.4, -0.2) is 20.7 Å². The predicted octanol–water partition coefficient (Wildman–Crippen LogP) is 2.51. The van der Waals surface area contributed by atoms with Crippen LogP contribution in [0.2, 0.25) is 0 Å². The normalized spacial score (nSPS) is 13.5. The number of Topliss-reactive ketones (excluding diaryl/α,β-unsaturated/α-hetero) is 1. The Balaban J connectivity index is 2.09. The number of anilines is 1. The summed E-state index contributed by atoms with van der Waals surface area (Å²) < 4.78 is 27.1. The molecule has 23 heavy (non-hydrogen) atoms. The molecule has 2 aromatic rings. The Morgan fingerprint density at radius 1 is 1.22 bits per heavy atom. The van der Waals surface area contributed by atoms with Crippen LogP contribution in [0.25, 0.3) is 0 Å². The molecule has 0 amide bonds. The number of ketones is 1. The lowest BCUT2D eigenvalue weighted by Gasteiger charge is -2.20. The Labute approximate surface area is 134 Å². The second kappa shape index (κ2) is 5.52. The van der Waals surface area contributed by atoms with Gasteiger partial charge in [0.25, 0.3) is 10.0 Å². The van der Waals surface area contributed by atoms with E-state index in [1.54, 1.807) is 30.3 Å². The van der Waals surface area contributed by atoms with Gasteiger partial charge in [0.2, 0.25) is 0 Å². The van der Waals surface area contributed by atoms with Gasteiger partial charge in [0.05, 0.1) is 11.3 Å². The van der Waals surface area contributed by atoms with Crippen LogP contribution in [0.15, 0.2) is 47.4 Å². The first-order valence-corrected chi connectivity index (χ1v) is 8.55. The molecule has 0 N–H and O–H groups in total. The van der Waals surface area contributed by atoms with Gasteiger partial charge < -0.3 is 0 Å². The number of carbonyl (C=O) groups excluding carboxylic acids is 1. The number of rotatable bonds is 3. The number of nitrogens with zero attached hydrogens (tertiary/aromatic N) is 2. The van der Waals surface area contributed by atoms with E-state index in [9.17, 15) is 13.2 Å². The zero-order valence-corrected chi connectivity index (χ0v) is 13.3. The third kappa shape index (κ3) is 2.49. The van der Waals surface area contributed by atoms with E-state index in [0.29, 0.717) is 24.2 Å². The summed E-state index contributed by atoms with van der Waals surface area (Å²) in [5, 5.41) is 9.15. The molecule has 1 heterocycles. The van der Waals surface area contributed by atoms with Crippen molar-refractivity contribution < 1.29 is 13.2 Å². The zero-order valence-electron chi connectivity index (χ0n) is 12.5. The first-order chi connectivity index (χ1) is 10.9. The lowest BCUT2D eigenvalue weighted by atomic mass is 10.1. The molecule has 0 aliphatic carbocycles. The zero-order chi connectivity index (χ0) is 16.6. The van der Waals surface area contributed by atoms with Gasteiger partial charge in [-0.3, -0.25) is 9.10 Å². The summed E-state index contributed by atoms with van der Waals surface area (Å²) in [5.41, 5.74) is 2.10. The molecule has 0 bridgehead atoms. The smallest absolute Gasteiger partial charge is 0.265 e. The highest BCUT2D eigenvalue weighted by Crippen LogP contribution is 2.34. The van der Waals surface area contributed by atoms with E-state index in [2.05, 4.69) is 0 Å². The minimum atomic E-state index is -3.80. The molecule has 116 valence electrons. The summed E-state index contributed by atoms with van der Waals surface area (Å²) in [6.45, 7) is 1.78. The molecule has 5 nitrogen and oxygen atoms in total. The summed E-state index contributed by atoms with van der Waals surface area (Å²) in [5.74, 6) is -0.0519. The summed E-state index contributed by atoms with van der Waals surface area (Å²) in [4.78, 5) is 11.5. The van der Waals surface area contributed by atoms with Gasteiger partial charge in [-0.1, -0.05) is 12.1 Å². The first kappa shape index (κ1) is 15.3. The Kier molecular flexibility index (Phi) is 3.66. The maximum absolute atomic E-state index is 12.9. The Morgan fingerprint density at radius 3 is 2.65 bits per heavy atom. The van der Waals surface area contributed by atoms with Crippen LogP contribution in [0.3, 0.4) is 0 Å². The minimum absolute atomic E-state index is 0.00555. The van der Waals surface area contributed by atoms with E-state index in [1.165, 1.54) is 23.4 Å². The van der Waals surface area contributed by atoms with Crippen LogP contribution in [0.1, 0.15) is 28.4 Å². The molecule has 0 spiro atoms. The number of benzene rings is 2. The molecule has 0 atom stereocenters. The maximum Gasteiger partial charge on any atom is 0.265 e. The maximum atomic E-state index is 12.9. The van der Waals surface area contributed by atoms with Crippen LogP contribution in [0.5, 0.6) is 0 Å². The molecule has 0 saturated heterocycles. The van der Waals surface area contributed by atoms with Crippen LogP contribution >= 0.6 is 0 Å². The fourth-order valence-electron chi connectivity index (χ4n) is 2.74. The van der Waals surface area contributed by atoms with E-state index in [-0.39, 0.29) is 16.2 Å². The second-order valence-electron chi connectivity index (χ2n) is 5.33. The summed E-state index contributed by atoms with van der Waals surface area (Å²) in [6.07, 6.45) is 0.546. The quantitative estimate of drug-likeness (QED) is 0.812. The molecule has 2 aromatic carbocycles. The monoisotopic (exact) mass is 326 g/mol. The summed E-state index contributed by atoms with van der Waals surface area (Å²) in [7, 11) is -3.80. The molecular weight excluding hydrogens is 312 g/mol. The van der Waals surface area contributed by atoms with Gasteiger partial charge in [0.1, 0.15) is 11.0 Å². The Bertz CT molecular complexity index is 943. The lowest BCUT2D eigenvalue weighted by molar-refractivity contribution is 0.101. The van der Waals surface area contributed by atoms with Crippen molar-refractivity contribution in [2.24, 2.45) is 0 Å². The van der Waals surface area contributed by atoms with Crippen LogP contribution in [0, 0.1) is 11.3 Å². The van der Waals surface area contributed by atoms with Crippen molar-refractivity contribution in [3.63, 3.8) is 0 Å². The third-order valence-electron chi connectivity index (χ3n) is 3.91. The van der Waals surface area contributed by atoms with Gasteiger partial charge in [-0.05, 0) is 49.2 Å². The topological polar surface area (TPSA) is 78.2 Å². The third-order valence-corrected chi connectivity index (χ3v) is 5.79.